The first-order valence-corrected chi connectivity index (χ1v) is 5.39. The molecule has 0 radical (unpaired) electrons. The van der Waals surface area contributed by atoms with E-state index < -0.39 is 0 Å². The summed E-state index contributed by atoms with van der Waals surface area (Å²) in [5.41, 5.74) is 2.25. The molecule has 0 unspecified atom stereocenters. The van der Waals surface area contributed by atoms with E-state index in [1.54, 1.807) is 18.3 Å². The highest BCUT2D eigenvalue weighted by atomic mass is 19.1. The number of pyridine rings is 1. The van der Waals surface area contributed by atoms with E-state index in [9.17, 15) is 4.39 Å². The maximum Gasteiger partial charge on any atom is 0.132 e. The summed E-state index contributed by atoms with van der Waals surface area (Å²) in [5.74, 6) is 0.136. The lowest BCUT2D eigenvalue weighted by Gasteiger charge is -2.08. The van der Waals surface area contributed by atoms with Crippen molar-refractivity contribution in [1.82, 2.24) is 4.98 Å². The summed E-state index contributed by atoms with van der Waals surface area (Å²) in [7, 11) is 0. The highest BCUT2D eigenvalue weighted by Crippen LogP contribution is 2.24. The predicted octanol–water partition coefficient (Wildman–Crippen LogP) is 4.01. The zero-order valence-corrected chi connectivity index (χ0v) is 9.44. The Hall–Kier alpha value is -1.70. The number of hydrogen-bond donors (Lipinski definition) is 0. The third kappa shape index (κ3) is 2.11. The fourth-order valence-corrected chi connectivity index (χ4v) is 1.62. The molecular weight excluding hydrogens is 201 g/mol. The number of nitrogens with zero attached hydrogens (tertiary/aromatic N) is 1. The summed E-state index contributed by atoms with van der Waals surface area (Å²) in [4.78, 5) is 4.14. The molecule has 0 aliphatic rings. The zero-order chi connectivity index (χ0) is 11.5. The van der Waals surface area contributed by atoms with E-state index in [1.807, 2.05) is 24.3 Å². The normalized spacial score (nSPS) is 10.8. The van der Waals surface area contributed by atoms with Crippen LogP contribution in [-0.4, -0.2) is 4.98 Å². The van der Waals surface area contributed by atoms with E-state index >= 15 is 0 Å². The van der Waals surface area contributed by atoms with Gasteiger partial charge in [0.1, 0.15) is 5.82 Å². The molecule has 0 atom stereocenters. The summed E-state index contributed by atoms with van der Waals surface area (Å²) in [6.07, 6.45) is 1.67. The molecule has 1 heterocycles. The molecule has 1 nitrogen and oxygen atoms in total. The minimum Gasteiger partial charge on any atom is -0.256 e. The molecule has 2 heteroatoms. The quantitative estimate of drug-likeness (QED) is 0.737. The van der Waals surface area contributed by atoms with Crippen LogP contribution in [0.4, 0.5) is 4.39 Å². The first-order chi connectivity index (χ1) is 7.68. The Kier molecular flexibility index (Phi) is 3.00. The molecule has 0 N–H and O–H groups in total. The van der Waals surface area contributed by atoms with Crippen molar-refractivity contribution in [2.45, 2.75) is 19.8 Å². The predicted molar refractivity (Wildman–Crippen MR) is 63.7 cm³/mol. The van der Waals surface area contributed by atoms with Gasteiger partial charge in [0.05, 0.1) is 5.69 Å². The average molecular weight is 215 g/mol. The first kappa shape index (κ1) is 10.8. The van der Waals surface area contributed by atoms with Crippen molar-refractivity contribution in [3.8, 4) is 11.3 Å². The summed E-state index contributed by atoms with van der Waals surface area (Å²) in [6, 6.07) is 10.8. The standard InChI is InChI=1S/C14H14FN/c1-10(2)11-6-7-12(13(15)9-11)14-5-3-4-8-16-14/h3-10H,1-2H3. The van der Waals surface area contributed by atoms with Gasteiger partial charge in [-0.3, -0.25) is 4.98 Å². The Bertz CT molecular complexity index is 477. The molecule has 16 heavy (non-hydrogen) atoms. The highest BCUT2D eigenvalue weighted by molar-refractivity contribution is 5.60. The molecule has 0 spiro atoms. The maximum absolute atomic E-state index is 13.9. The smallest absolute Gasteiger partial charge is 0.132 e. The molecule has 2 aromatic rings. The third-order valence-corrected chi connectivity index (χ3v) is 2.60. The fourth-order valence-electron chi connectivity index (χ4n) is 1.62. The molecule has 0 aliphatic carbocycles. The third-order valence-electron chi connectivity index (χ3n) is 2.60. The fraction of sp³-hybridized carbons (Fsp3) is 0.214. The molecule has 82 valence electrons. The summed E-state index contributed by atoms with van der Waals surface area (Å²) in [6.45, 7) is 4.10. The molecule has 1 aromatic heterocycles. The van der Waals surface area contributed by atoms with Crippen LogP contribution < -0.4 is 0 Å². The second-order valence-corrected chi connectivity index (χ2v) is 4.11. The van der Waals surface area contributed by atoms with Gasteiger partial charge in [-0.25, -0.2) is 4.39 Å². The number of aromatic nitrogens is 1. The van der Waals surface area contributed by atoms with Gasteiger partial charge in [-0.2, -0.15) is 0 Å². The van der Waals surface area contributed by atoms with E-state index in [-0.39, 0.29) is 5.82 Å². The van der Waals surface area contributed by atoms with Crippen LogP contribution in [0.3, 0.4) is 0 Å². The molecule has 0 bridgehead atoms. The lowest BCUT2D eigenvalue weighted by molar-refractivity contribution is 0.626. The lowest BCUT2D eigenvalue weighted by atomic mass is 10.00. The first-order valence-electron chi connectivity index (χ1n) is 5.39. The molecular formula is C14H14FN. The Labute approximate surface area is 95.0 Å². The lowest BCUT2D eigenvalue weighted by Crippen LogP contribution is -1.92. The van der Waals surface area contributed by atoms with Crippen LogP contribution in [0, 0.1) is 5.82 Å². The van der Waals surface area contributed by atoms with Gasteiger partial charge in [0.25, 0.3) is 0 Å². The molecule has 0 aliphatic heterocycles. The Balaban J connectivity index is 2.45. The van der Waals surface area contributed by atoms with Crippen LogP contribution in [0.1, 0.15) is 25.3 Å². The van der Waals surface area contributed by atoms with Crippen molar-refractivity contribution in [1.29, 1.82) is 0 Å². The summed E-state index contributed by atoms with van der Waals surface area (Å²) < 4.78 is 13.9. The minimum absolute atomic E-state index is 0.204. The van der Waals surface area contributed by atoms with Gasteiger partial charge in [-0.1, -0.05) is 26.0 Å². The highest BCUT2D eigenvalue weighted by Gasteiger charge is 2.08. The second-order valence-electron chi connectivity index (χ2n) is 4.11. The Morgan fingerprint density at radius 2 is 1.94 bits per heavy atom. The van der Waals surface area contributed by atoms with Crippen LogP contribution in [-0.2, 0) is 0 Å². The van der Waals surface area contributed by atoms with E-state index in [1.165, 1.54) is 0 Å². The second kappa shape index (κ2) is 4.44. The van der Waals surface area contributed by atoms with Crippen LogP contribution in [0.25, 0.3) is 11.3 Å². The van der Waals surface area contributed by atoms with Gasteiger partial charge in [-0.15, -0.1) is 0 Å². The summed E-state index contributed by atoms with van der Waals surface area (Å²) >= 11 is 0. The zero-order valence-electron chi connectivity index (χ0n) is 9.44. The average Bonchev–Trinajstić information content (AvgIpc) is 2.30. The van der Waals surface area contributed by atoms with Crippen molar-refractivity contribution in [2.24, 2.45) is 0 Å². The van der Waals surface area contributed by atoms with E-state index in [4.69, 9.17) is 0 Å². The van der Waals surface area contributed by atoms with Gasteiger partial charge in [-0.05, 0) is 35.7 Å². The minimum atomic E-state index is -0.204. The van der Waals surface area contributed by atoms with Crippen molar-refractivity contribution in [3.05, 3.63) is 54.0 Å². The Morgan fingerprint density at radius 3 is 2.50 bits per heavy atom. The SMILES string of the molecule is CC(C)c1ccc(-c2ccccn2)c(F)c1. The number of hydrogen-bond acceptors (Lipinski definition) is 1. The van der Waals surface area contributed by atoms with Gasteiger partial charge in [0.15, 0.2) is 0 Å². The van der Waals surface area contributed by atoms with E-state index in [0.717, 1.165) is 5.56 Å². The van der Waals surface area contributed by atoms with Crippen molar-refractivity contribution in [2.75, 3.05) is 0 Å². The van der Waals surface area contributed by atoms with Crippen LogP contribution >= 0.6 is 0 Å². The van der Waals surface area contributed by atoms with Crippen molar-refractivity contribution >= 4 is 0 Å². The van der Waals surface area contributed by atoms with Crippen molar-refractivity contribution in [3.63, 3.8) is 0 Å². The van der Waals surface area contributed by atoms with Crippen LogP contribution in [0.2, 0.25) is 0 Å². The van der Waals surface area contributed by atoms with Gasteiger partial charge < -0.3 is 0 Å². The van der Waals surface area contributed by atoms with E-state index in [0.29, 0.717) is 17.2 Å². The molecule has 0 saturated heterocycles. The number of benzene rings is 1. The van der Waals surface area contributed by atoms with Gasteiger partial charge >= 0.3 is 0 Å². The van der Waals surface area contributed by atoms with Gasteiger partial charge in [0.2, 0.25) is 0 Å². The molecule has 0 amide bonds. The van der Waals surface area contributed by atoms with Gasteiger partial charge in [0, 0.05) is 11.8 Å². The largest absolute Gasteiger partial charge is 0.256 e. The maximum atomic E-state index is 13.9. The molecule has 0 fully saturated rings. The monoisotopic (exact) mass is 215 g/mol. The number of halogens is 1. The topological polar surface area (TPSA) is 12.9 Å². The molecule has 0 saturated carbocycles. The van der Waals surface area contributed by atoms with Crippen LogP contribution in [0.15, 0.2) is 42.6 Å². The van der Waals surface area contributed by atoms with E-state index in [2.05, 4.69) is 18.8 Å². The molecule has 2 rings (SSSR count). The number of rotatable bonds is 2. The van der Waals surface area contributed by atoms with Crippen LogP contribution in [0.5, 0.6) is 0 Å². The molecule has 1 aromatic carbocycles. The summed E-state index contributed by atoms with van der Waals surface area (Å²) in [5, 5.41) is 0. The Morgan fingerprint density at radius 1 is 1.12 bits per heavy atom. The van der Waals surface area contributed by atoms with Crippen molar-refractivity contribution < 1.29 is 4.39 Å².